The Morgan fingerprint density at radius 2 is 1.90 bits per heavy atom. The Hall–Kier alpha value is -0.840. The fourth-order valence-corrected chi connectivity index (χ4v) is 2.88. The smallest absolute Gasteiger partial charge is 0.255 e. The molecule has 1 aromatic rings. The molecule has 0 heterocycles. The second-order valence-electron chi connectivity index (χ2n) is 6.25. The van der Waals surface area contributed by atoms with E-state index in [0.717, 1.165) is 41.4 Å². The molecule has 0 fully saturated rings. The molecule has 0 N–H and O–H groups in total. The second-order valence-corrected chi connectivity index (χ2v) is 7.41. The van der Waals surface area contributed by atoms with Gasteiger partial charge in [0.15, 0.2) is 0 Å². The molecular formula is C18H26INO. The molecule has 0 aliphatic carbocycles. The average Bonchev–Trinajstić information content (AvgIpc) is 2.41. The van der Waals surface area contributed by atoms with Crippen LogP contribution in [-0.4, -0.2) is 22.9 Å². The number of benzene rings is 1. The first-order valence-electron chi connectivity index (χ1n) is 7.55. The number of amides is 1. The highest BCUT2D eigenvalue weighted by molar-refractivity contribution is 14.1. The summed E-state index contributed by atoms with van der Waals surface area (Å²) in [6.45, 7) is 10.9. The predicted octanol–water partition coefficient (Wildman–Crippen LogP) is 5.28. The number of hydrogen-bond donors (Lipinski definition) is 0. The van der Waals surface area contributed by atoms with Crippen LogP contribution in [0.2, 0.25) is 0 Å². The van der Waals surface area contributed by atoms with Crippen LogP contribution in [0.15, 0.2) is 36.9 Å². The zero-order valence-electron chi connectivity index (χ0n) is 13.4. The molecule has 1 aromatic carbocycles. The number of carbonyl (C=O) groups excluding carboxylic acids is 1. The van der Waals surface area contributed by atoms with Crippen LogP contribution >= 0.6 is 22.6 Å². The summed E-state index contributed by atoms with van der Waals surface area (Å²) in [6.07, 6.45) is 6.34. The van der Waals surface area contributed by atoms with Gasteiger partial charge in [-0.1, -0.05) is 24.6 Å². The van der Waals surface area contributed by atoms with Gasteiger partial charge in [-0.25, -0.2) is 0 Å². The van der Waals surface area contributed by atoms with Gasteiger partial charge in [0.2, 0.25) is 0 Å². The van der Waals surface area contributed by atoms with Gasteiger partial charge in [0.25, 0.3) is 5.91 Å². The van der Waals surface area contributed by atoms with Crippen molar-refractivity contribution in [3.63, 3.8) is 0 Å². The van der Waals surface area contributed by atoms with Crippen molar-refractivity contribution >= 4 is 28.5 Å². The van der Waals surface area contributed by atoms with Crippen LogP contribution in [0.3, 0.4) is 0 Å². The molecule has 0 radical (unpaired) electrons. The van der Waals surface area contributed by atoms with E-state index in [1.807, 2.05) is 35.2 Å². The highest BCUT2D eigenvalue weighted by Crippen LogP contribution is 2.21. The lowest BCUT2D eigenvalue weighted by Gasteiger charge is -2.36. The number of nitrogens with zero attached hydrogens (tertiary/aromatic N) is 1. The molecule has 0 saturated carbocycles. The minimum absolute atomic E-state index is 0.135. The summed E-state index contributed by atoms with van der Waals surface area (Å²) >= 11 is 2.23. The van der Waals surface area contributed by atoms with Crippen molar-refractivity contribution in [2.45, 2.75) is 52.0 Å². The molecule has 3 heteroatoms. The number of carbonyl (C=O) groups is 1. The molecule has 0 atom stereocenters. The standard InChI is InChI=1S/C18H26INO/c1-5-6-7-8-11-14-20(18(2,3)4)17(21)15-12-9-10-13-16(15)19/h5,9-10,12-13H,1,6-8,11,14H2,2-4H3. The quantitative estimate of drug-likeness (QED) is 0.347. The number of allylic oxidation sites excluding steroid dienone is 1. The maximum absolute atomic E-state index is 12.8. The summed E-state index contributed by atoms with van der Waals surface area (Å²) in [4.78, 5) is 14.8. The van der Waals surface area contributed by atoms with Crippen molar-refractivity contribution in [3.05, 3.63) is 46.1 Å². The fourth-order valence-electron chi connectivity index (χ4n) is 2.26. The van der Waals surface area contributed by atoms with Crippen LogP contribution < -0.4 is 0 Å². The number of halogens is 1. The normalized spacial score (nSPS) is 11.2. The van der Waals surface area contributed by atoms with E-state index in [2.05, 4.69) is 49.9 Å². The predicted molar refractivity (Wildman–Crippen MR) is 98.6 cm³/mol. The molecule has 0 saturated heterocycles. The molecule has 0 aliphatic rings. The molecule has 116 valence electrons. The Kier molecular flexibility index (Phi) is 7.43. The molecule has 21 heavy (non-hydrogen) atoms. The van der Waals surface area contributed by atoms with Gasteiger partial charge in [-0.05, 0) is 74.8 Å². The van der Waals surface area contributed by atoms with E-state index in [-0.39, 0.29) is 11.4 Å². The lowest BCUT2D eigenvalue weighted by atomic mass is 10.0. The van der Waals surface area contributed by atoms with Crippen LogP contribution in [0.5, 0.6) is 0 Å². The van der Waals surface area contributed by atoms with E-state index in [4.69, 9.17) is 0 Å². The fraction of sp³-hybridized carbons (Fsp3) is 0.500. The molecule has 0 aliphatic heterocycles. The van der Waals surface area contributed by atoms with Gasteiger partial charge in [0.05, 0.1) is 5.56 Å². The van der Waals surface area contributed by atoms with Gasteiger partial charge in [-0.2, -0.15) is 0 Å². The van der Waals surface area contributed by atoms with Crippen LogP contribution in [0, 0.1) is 3.57 Å². The highest BCUT2D eigenvalue weighted by Gasteiger charge is 2.27. The van der Waals surface area contributed by atoms with Gasteiger partial charge in [-0.3, -0.25) is 4.79 Å². The zero-order valence-corrected chi connectivity index (χ0v) is 15.5. The monoisotopic (exact) mass is 399 g/mol. The second kappa shape index (κ2) is 8.57. The Balaban J connectivity index is 2.76. The Morgan fingerprint density at radius 1 is 1.24 bits per heavy atom. The largest absolute Gasteiger partial charge is 0.334 e. The molecule has 1 rings (SSSR count). The average molecular weight is 399 g/mol. The van der Waals surface area contributed by atoms with Crippen molar-refractivity contribution in [1.29, 1.82) is 0 Å². The Bertz CT molecular complexity index is 476. The number of rotatable bonds is 7. The third-order valence-corrected chi connectivity index (χ3v) is 4.39. The SMILES string of the molecule is C=CCCCCCN(C(=O)c1ccccc1I)C(C)(C)C. The van der Waals surface area contributed by atoms with Crippen LogP contribution in [0.4, 0.5) is 0 Å². The first-order valence-corrected chi connectivity index (χ1v) is 8.63. The van der Waals surface area contributed by atoms with Crippen LogP contribution in [0.25, 0.3) is 0 Å². The van der Waals surface area contributed by atoms with E-state index < -0.39 is 0 Å². The van der Waals surface area contributed by atoms with E-state index in [0.29, 0.717) is 0 Å². The van der Waals surface area contributed by atoms with E-state index in [9.17, 15) is 4.79 Å². The third-order valence-electron chi connectivity index (χ3n) is 3.45. The van der Waals surface area contributed by atoms with E-state index >= 15 is 0 Å². The van der Waals surface area contributed by atoms with Crippen LogP contribution in [0.1, 0.15) is 56.8 Å². The van der Waals surface area contributed by atoms with Crippen LogP contribution in [-0.2, 0) is 0 Å². The summed E-state index contributed by atoms with van der Waals surface area (Å²) < 4.78 is 1.01. The summed E-state index contributed by atoms with van der Waals surface area (Å²) in [7, 11) is 0. The summed E-state index contributed by atoms with van der Waals surface area (Å²) in [5.74, 6) is 0.135. The number of unbranched alkanes of at least 4 members (excludes halogenated alkanes) is 3. The van der Waals surface area contributed by atoms with Crippen molar-refractivity contribution < 1.29 is 4.79 Å². The van der Waals surface area contributed by atoms with Crippen molar-refractivity contribution in [2.75, 3.05) is 6.54 Å². The molecule has 2 nitrogen and oxygen atoms in total. The van der Waals surface area contributed by atoms with Crippen molar-refractivity contribution in [1.82, 2.24) is 4.90 Å². The van der Waals surface area contributed by atoms with E-state index in [1.54, 1.807) is 0 Å². The zero-order chi connectivity index (χ0) is 15.9. The third kappa shape index (κ3) is 5.81. The van der Waals surface area contributed by atoms with Crippen molar-refractivity contribution in [3.8, 4) is 0 Å². The van der Waals surface area contributed by atoms with Gasteiger partial charge in [-0.15, -0.1) is 6.58 Å². The lowest BCUT2D eigenvalue weighted by Crippen LogP contribution is -2.46. The molecular weight excluding hydrogens is 373 g/mol. The Labute approximate surface area is 142 Å². The minimum Gasteiger partial charge on any atom is -0.334 e. The molecule has 0 spiro atoms. The van der Waals surface area contributed by atoms with Gasteiger partial charge in [0, 0.05) is 15.7 Å². The highest BCUT2D eigenvalue weighted by atomic mass is 127. The first kappa shape index (κ1) is 18.2. The summed E-state index contributed by atoms with van der Waals surface area (Å²) in [5, 5.41) is 0. The molecule has 1 amide bonds. The molecule has 0 unspecified atom stereocenters. The van der Waals surface area contributed by atoms with Gasteiger partial charge < -0.3 is 4.90 Å². The lowest BCUT2D eigenvalue weighted by molar-refractivity contribution is 0.0576. The van der Waals surface area contributed by atoms with Crippen molar-refractivity contribution in [2.24, 2.45) is 0 Å². The van der Waals surface area contributed by atoms with Gasteiger partial charge in [0.1, 0.15) is 0 Å². The summed E-state index contributed by atoms with van der Waals surface area (Å²) in [5.41, 5.74) is 0.646. The molecule has 0 aromatic heterocycles. The first-order chi connectivity index (χ1) is 9.88. The maximum Gasteiger partial charge on any atom is 0.255 e. The Morgan fingerprint density at radius 3 is 2.48 bits per heavy atom. The van der Waals surface area contributed by atoms with E-state index in [1.165, 1.54) is 0 Å². The van der Waals surface area contributed by atoms with Gasteiger partial charge >= 0.3 is 0 Å². The topological polar surface area (TPSA) is 20.3 Å². The number of hydrogen-bond acceptors (Lipinski definition) is 1. The molecule has 0 bridgehead atoms. The minimum atomic E-state index is -0.158. The maximum atomic E-state index is 12.8. The summed E-state index contributed by atoms with van der Waals surface area (Å²) in [6, 6.07) is 7.80.